The lowest BCUT2D eigenvalue weighted by Crippen LogP contribution is -2.50. The van der Waals surface area contributed by atoms with Crippen molar-refractivity contribution in [2.45, 2.75) is 52.2 Å². The summed E-state index contributed by atoms with van der Waals surface area (Å²) >= 11 is 0. The van der Waals surface area contributed by atoms with Crippen molar-refractivity contribution in [1.82, 2.24) is 14.8 Å². The number of nitrogens with zero attached hydrogens (tertiary/aromatic N) is 2. The van der Waals surface area contributed by atoms with Crippen LogP contribution in [0.4, 0.5) is 0 Å². The van der Waals surface area contributed by atoms with Crippen molar-refractivity contribution in [2.24, 2.45) is 0 Å². The molecule has 27 heavy (non-hydrogen) atoms. The molecule has 2 aliphatic heterocycles. The zero-order valence-corrected chi connectivity index (χ0v) is 16.6. The van der Waals surface area contributed by atoms with Crippen LogP contribution in [0.1, 0.15) is 48.4 Å². The van der Waals surface area contributed by atoms with Crippen LogP contribution in [0.2, 0.25) is 0 Å². The van der Waals surface area contributed by atoms with Crippen LogP contribution in [0.3, 0.4) is 0 Å². The summed E-state index contributed by atoms with van der Waals surface area (Å²) in [6.45, 7) is 10.7. The molecule has 0 radical (unpaired) electrons. The van der Waals surface area contributed by atoms with E-state index in [1.54, 1.807) is 0 Å². The van der Waals surface area contributed by atoms with Crippen LogP contribution in [0.5, 0.6) is 0 Å². The molecule has 0 aliphatic carbocycles. The summed E-state index contributed by atoms with van der Waals surface area (Å²) in [5.41, 5.74) is 2.02. The molecule has 0 aromatic carbocycles. The number of rotatable bonds is 5. The molecule has 150 valence electrons. The largest absolute Gasteiger partial charge is 0.458 e. The Labute approximate surface area is 161 Å². The number of aromatic amines is 1. The summed E-state index contributed by atoms with van der Waals surface area (Å²) in [6.07, 6.45) is 2.15. The van der Waals surface area contributed by atoms with Gasteiger partial charge >= 0.3 is 5.97 Å². The molecular formula is C20H31N3O4. The van der Waals surface area contributed by atoms with E-state index >= 15 is 0 Å². The number of esters is 1. The standard InChI is InChI=1S/C20H31N3O4/c1-14(2)27-20(25)19-15(3)12-16(21-19)13-18(24)23-6-4-17(5-7-23)22-8-10-26-11-9-22/h12,14,17,21H,4-11,13H2,1-3H3. The monoisotopic (exact) mass is 377 g/mol. The van der Waals surface area contributed by atoms with Gasteiger partial charge in [0.25, 0.3) is 0 Å². The number of aromatic nitrogens is 1. The molecule has 2 fully saturated rings. The van der Waals surface area contributed by atoms with Gasteiger partial charge in [0.05, 0.1) is 25.7 Å². The minimum absolute atomic E-state index is 0.112. The molecule has 1 aromatic rings. The van der Waals surface area contributed by atoms with Crippen LogP contribution in [0.15, 0.2) is 6.07 Å². The highest BCUT2D eigenvalue weighted by atomic mass is 16.5. The molecule has 0 atom stereocenters. The summed E-state index contributed by atoms with van der Waals surface area (Å²) in [7, 11) is 0. The lowest BCUT2D eigenvalue weighted by molar-refractivity contribution is -0.132. The number of carbonyl (C=O) groups excluding carboxylic acids is 2. The molecule has 1 N–H and O–H groups in total. The van der Waals surface area contributed by atoms with Crippen LogP contribution < -0.4 is 0 Å². The SMILES string of the molecule is Cc1cc(CC(=O)N2CCC(N3CCOCC3)CC2)[nH]c1C(=O)OC(C)C. The van der Waals surface area contributed by atoms with E-state index in [2.05, 4.69) is 9.88 Å². The van der Waals surface area contributed by atoms with Crippen molar-refractivity contribution < 1.29 is 19.1 Å². The fourth-order valence-electron chi connectivity index (χ4n) is 3.91. The first-order valence-corrected chi connectivity index (χ1v) is 9.93. The molecule has 2 saturated heterocycles. The minimum Gasteiger partial charge on any atom is -0.458 e. The van der Waals surface area contributed by atoms with Gasteiger partial charge in [-0.25, -0.2) is 4.79 Å². The van der Waals surface area contributed by atoms with E-state index in [9.17, 15) is 9.59 Å². The van der Waals surface area contributed by atoms with Crippen molar-refractivity contribution in [2.75, 3.05) is 39.4 Å². The van der Waals surface area contributed by atoms with E-state index in [0.717, 1.165) is 63.5 Å². The highest BCUT2D eigenvalue weighted by molar-refractivity contribution is 5.89. The number of ether oxygens (including phenoxy) is 2. The molecule has 7 nitrogen and oxygen atoms in total. The third kappa shape index (κ3) is 5.11. The van der Waals surface area contributed by atoms with Crippen molar-refractivity contribution >= 4 is 11.9 Å². The fraction of sp³-hybridized carbons (Fsp3) is 0.700. The maximum absolute atomic E-state index is 12.7. The Bertz CT molecular complexity index is 656. The Morgan fingerprint density at radius 3 is 2.52 bits per heavy atom. The normalized spacial score (nSPS) is 19.5. The molecule has 1 amide bonds. The third-order valence-corrected chi connectivity index (χ3v) is 5.34. The zero-order chi connectivity index (χ0) is 19.4. The zero-order valence-electron chi connectivity index (χ0n) is 16.6. The summed E-state index contributed by atoms with van der Waals surface area (Å²) < 4.78 is 10.7. The smallest absolute Gasteiger partial charge is 0.355 e. The van der Waals surface area contributed by atoms with E-state index < -0.39 is 0 Å². The van der Waals surface area contributed by atoms with Gasteiger partial charge in [0, 0.05) is 37.9 Å². The van der Waals surface area contributed by atoms with Crippen molar-refractivity contribution in [1.29, 1.82) is 0 Å². The lowest BCUT2D eigenvalue weighted by Gasteiger charge is -2.40. The van der Waals surface area contributed by atoms with Gasteiger partial charge in [0.15, 0.2) is 0 Å². The quantitative estimate of drug-likeness (QED) is 0.792. The van der Waals surface area contributed by atoms with Crippen molar-refractivity contribution in [3.8, 4) is 0 Å². The average Bonchev–Trinajstić information content (AvgIpc) is 3.02. The van der Waals surface area contributed by atoms with Crippen LogP contribution in [-0.2, 0) is 20.7 Å². The van der Waals surface area contributed by atoms with Crippen LogP contribution in [-0.4, -0.2) is 78.2 Å². The van der Waals surface area contributed by atoms with Crippen LogP contribution in [0, 0.1) is 6.92 Å². The molecule has 3 rings (SSSR count). The second-order valence-electron chi connectivity index (χ2n) is 7.74. The van der Waals surface area contributed by atoms with Gasteiger partial charge in [-0.05, 0) is 45.2 Å². The molecule has 0 saturated carbocycles. The van der Waals surface area contributed by atoms with E-state index in [4.69, 9.17) is 9.47 Å². The van der Waals surface area contributed by atoms with Crippen LogP contribution in [0.25, 0.3) is 0 Å². The summed E-state index contributed by atoms with van der Waals surface area (Å²) in [5, 5.41) is 0. The van der Waals surface area contributed by atoms with Gasteiger partial charge in [-0.3, -0.25) is 9.69 Å². The first-order chi connectivity index (χ1) is 12.9. The summed E-state index contributed by atoms with van der Waals surface area (Å²) in [4.78, 5) is 32.3. The Balaban J connectivity index is 1.51. The lowest BCUT2D eigenvalue weighted by atomic mass is 10.0. The Morgan fingerprint density at radius 2 is 1.89 bits per heavy atom. The second kappa shape index (κ2) is 8.89. The van der Waals surface area contributed by atoms with Gasteiger partial charge in [0.2, 0.25) is 5.91 Å². The maximum Gasteiger partial charge on any atom is 0.355 e. The molecule has 1 aromatic heterocycles. The fourth-order valence-corrected chi connectivity index (χ4v) is 3.91. The van der Waals surface area contributed by atoms with Gasteiger partial charge in [0.1, 0.15) is 5.69 Å². The average molecular weight is 377 g/mol. The molecule has 0 unspecified atom stereocenters. The highest BCUT2D eigenvalue weighted by Gasteiger charge is 2.28. The number of hydrogen-bond acceptors (Lipinski definition) is 5. The highest BCUT2D eigenvalue weighted by Crippen LogP contribution is 2.19. The molecule has 3 heterocycles. The first-order valence-electron chi connectivity index (χ1n) is 9.93. The molecular weight excluding hydrogens is 346 g/mol. The molecule has 0 spiro atoms. The summed E-state index contributed by atoms with van der Waals surface area (Å²) in [5.74, 6) is -0.257. The number of carbonyl (C=O) groups is 2. The van der Waals surface area contributed by atoms with E-state index in [-0.39, 0.29) is 24.4 Å². The maximum atomic E-state index is 12.7. The molecule has 7 heteroatoms. The molecule has 2 aliphatic rings. The minimum atomic E-state index is -0.368. The number of piperidine rings is 1. The van der Waals surface area contributed by atoms with Gasteiger partial charge in [-0.15, -0.1) is 0 Å². The number of morpholine rings is 1. The Hall–Kier alpha value is -1.86. The topological polar surface area (TPSA) is 74.9 Å². The third-order valence-electron chi connectivity index (χ3n) is 5.34. The van der Waals surface area contributed by atoms with Gasteiger partial charge in [-0.2, -0.15) is 0 Å². The van der Waals surface area contributed by atoms with Gasteiger partial charge in [-0.1, -0.05) is 0 Å². The van der Waals surface area contributed by atoms with Crippen LogP contribution >= 0.6 is 0 Å². The Morgan fingerprint density at radius 1 is 1.22 bits per heavy atom. The summed E-state index contributed by atoms with van der Waals surface area (Å²) in [6, 6.07) is 2.43. The van der Waals surface area contributed by atoms with Crippen molar-refractivity contribution in [3.05, 3.63) is 23.0 Å². The number of hydrogen-bond donors (Lipinski definition) is 1. The van der Waals surface area contributed by atoms with E-state index in [1.807, 2.05) is 31.7 Å². The van der Waals surface area contributed by atoms with Crippen molar-refractivity contribution in [3.63, 3.8) is 0 Å². The number of amides is 1. The number of H-pyrrole nitrogens is 1. The van der Waals surface area contributed by atoms with Gasteiger partial charge < -0.3 is 19.4 Å². The van der Waals surface area contributed by atoms with E-state index in [0.29, 0.717) is 11.7 Å². The van der Waals surface area contributed by atoms with E-state index in [1.165, 1.54) is 0 Å². The first kappa shape index (κ1) is 19.9. The predicted octanol–water partition coefficient (Wildman–Crippen LogP) is 1.75. The predicted molar refractivity (Wildman–Crippen MR) is 102 cm³/mol. The second-order valence-corrected chi connectivity index (χ2v) is 7.74. The Kier molecular flexibility index (Phi) is 6.55. The number of likely N-dealkylation sites (tertiary alicyclic amines) is 1. The number of nitrogens with one attached hydrogen (secondary N) is 1. The molecule has 0 bridgehead atoms. The number of aryl methyl sites for hydroxylation is 1.